The third-order valence-electron chi connectivity index (χ3n) is 7.55. The first-order chi connectivity index (χ1) is 17.0. The van der Waals surface area contributed by atoms with E-state index in [1.165, 1.54) is 31.2 Å². The molecule has 0 aliphatic carbocycles. The third-order valence-corrected chi connectivity index (χ3v) is 7.80. The normalized spacial score (nSPS) is 23.3. The van der Waals surface area contributed by atoms with E-state index >= 15 is 0 Å². The standard InChI is InChI=1S/C29H35ClN2O3/c1-19(2)29-28(33)27-25(6-5-7-26(27)35-29)34-15-4-3-14-32-23-12-13-24(32)17-22(16-23)31-18-20-8-10-21(30)11-9-20/h5-11,22-24,31H,3-4,12-18H2,1-2H3. The highest BCUT2D eigenvalue weighted by Gasteiger charge is 2.40. The van der Waals surface area contributed by atoms with Crippen molar-refractivity contribution in [2.75, 3.05) is 13.2 Å². The summed E-state index contributed by atoms with van der Waals surface area (Å²) in [5.74, 6) is 1.60. The molecule has 1 N–H and O–H groups in total. The molecule has 0 saturated carbocycles. The predicted molar refractivity (Wildman–Crippen MR) is 139 cm³/mol. The molecule has 2 aromatic rings. The predicted octanol–water partition coefficient (Wildman–Crippen LogP) is 6.15. The Morgan fingerprint density at radius 3 is 2.54 bits per heavy atom. The van der Waals surface area contributed by atoms with E-state index in [-0.39, 0.29) is 5.78 Å². The maximum atomic E-state index is 12.7. The number of ether oxygens (including phenoxy) is 2. The number of ketones is 1. The Morgan fingerprint density at radius 2 is 1.83 bits per heavy atom. The lowest BCUT2D eigenvalue weighted by atomic mass is 9.96. The second kappa shape index (κ2) is 10.7. The number of unbranched alkanes of at least 4 members (excludes halogenated alkanes) is 1. The molecule has 3 heterocycles. The van der Waals surface area contributed by atoms with Crippen LogP contribution < -0.4 is 14.8 Å². The van der Waals surface area contributed by atoms with Crippen LogP contribution in [0.3, 0.4) is 0 Å². The van der Waals surface area contributed by atoms with Gasteiger partial charge in [0, 0.05) is 29.7 Å². The SMILES string of the molecule is CC(C)=C1Oc2cccc(OCCCCN3C4CCC3CC(NCc3ccc(Cl)cc3)C4)c2C1=O. The van der Waals surface area contributed by atoms with E-state index in [2.05, 4.69) is 22.3 Å². The van der Waals surface area contributed by atoms with Crippen LogP contribution in [0.5, 0.6) is 11.5 Å². The number of carbonyl (C=O) groups is 1. The van der Waals surface area contributed by atoms with Gasteiger partial charge in [0.2, 0.25) is 5.78 Å². The average molecular weight is 495 g/mol. The first-order valence-electron chi connectivity index (χ1n) is 12.9. The highest BCUT2D eigenvalue weighted by atomic mass is 35.5. The number of benzene rings is 2. The van der Waals surface area contributed by atoms with Crippen LogP contribution in [-0.2, 0) is 6.54 Å². The van der Waals surface area contributed by atoms with E-state index in [0.29, 0.717) is 47.6 Å². The van der Waals surface area contributed by atoms with Gasteiger partial charge in [0.15, 0.2) is 5.76 Å². The summed E-state index contributed by atoms with van der Waals surface area (Å²) in [7, 11) is 0. The van der Waals surface area contributed by atoms with Crippen LogP contribution in [-0.4, -0.2) is 42.0 Å². The van der Waals surface area contributed by atoms with Crippen molar-refractivity contribution in [3.8, 4) is 11.5 Å². The van der Waals surface area contributed by atoms with Gasteiger partial charge in [-0.1, -0.05) is 29.8 Å². The topological polar surface area (TPSA) is 50.8 Å². The van der Waals surface area contributed by atoms with Crippen LogP contribution in [0, 0.1) is 0 Å². The van der Waals surface area contributed by atoms with E-state index in [0.717, 1.165) is 36.5 Å². The molecular formula is C29H35ClN2O3. The molecule has 3 aliphatic heterocycles. The molecule has 2 saturated heterocycles. The number of carbonyl (C=O) groups excluding carboxylic acids is 1. The second-order valence-corrected chi connectivity index (χ2v) is 10.7. The van der Waals surface area contributed by atoms with Gasteiger partial charge in [0.05, 0.1) is 6.61 Å². The van der Waals surface area contributed by atoms with Crippen molar-refractivity contribution < 1.29 is 14.3 Å². The minimum absolute atomic E-state index is 0.0697. The fourth-order valence-electron chi connectivity index (χ4n) is 5.79. The summed E-state index contributed by atoms with van der Waals surface area (Å²) in [6.07, 6.45) is 7.16. The van der Waals surface area contributed by atoms with Crippen molar-refractivity contribution >= 4 is 17.4 Å². The van der Waals surface area contributed by atoms with Gasteiger partial charge in [-0.15, -0.1) is 0 Å². The third kappa shape index (κ3) is 5.42. The summed E-state index contributed by atoms with van der Waals surface area (Å²) >= 11 is 6.01. The molecule has 0 amide bonds. The number of piperidine rings is 1. The number of nitrogens with zero attached hydrogens (tertiary/aromatic N) is 1. The number of fused-ring (bicyclic) bond motifs is 3. The molecule has 2 unspecified atom stereocenters. The Labute approximate surface area is 213 Å². The van der Waals surface area contributed by atoms with Crippen molar-refractivity contribution in [1.82, 2.24) is 10.2 Å². The summed E-state index contributed by atoms with van der Waals surface area (Å²) in [6.45, 7) is 6.43. The van der Waals surface area contributed by atoms with Gasteiger partial charge in [0.25, 0.3) is 0 Å². The zero-order valence-electron chi connectivity index (χ0n) is 20.7. The van der Waals surface area contributed by atoms with E-state index in [4.69, 9.17) is 21.1 Å². The zero-order chi connectivity index (χ0) is 24.4. The van der Waals surface area contributed by atoms with E-state index < -0.39 is 0 Å². The van der Waals surface area contributed by atoms with Crippen molar-refractivity contribution in [3.05, 3.63) is 69.9 Å². The Hall–Kier alpha value is -2.34. The molecule has 0 aromatic heterocycles. The number of Topliss-reactive ketones (excluding diaryl/α,β-unsaturated/α-hetero) is 1. The molecule has 35 heavy (non-hydrogen) atoms. The van der Waals surface area contributed by atoms with Gasteiger partial charge < -0.3 is 14.8 Å². The molecule has 3 aliphatic rings. The molecule has 2 aromatic carbocycles. The van der Waals surface area contributed by atoms with Crippen LogP contribution in [0.15, 0.2) is 53.8 Å². The molecule has 2 fully saturated rings. The molecule has 5 rings (SSSR count). The van der Waals surface area contributed by atoms with E-state index in [1.54, 1.807) is 0 Å². The van der Waals surface area contributed by atoms with Crippen LogP contribution in [0.4, 0.5) is 0 Å². The van der Waals surface area contributed by atoms with Crippen LogP contribution in [0.25, 0.3) is 0 Å². The van der Waals surface area contributed by atoms with Gasteiger partial charge in [-0.2, -0.15) is 0 Å². The van der Waals surface area contributed by atoms with Crippen molar-refractivity contribution in [1.29, 1.82) is 0 Å². The summed E-state index contributed by atoms with van der Waals surface area (Å²) in [4.78, 5) is 15.5. The smallest absolute Gasteiger partial charge is 0.235 e. The first kappa shape index (κ1) is 24.4. The van der Waals surface area contributed by atoms with Crippen molar-refractivity contribution in [2.45, 2.75) is 77.0 Å². The molecule has 6 heteroatoms. The molecule has 2 atom stereocenters. The van der Waals surface area contributed by atoms with Gasteiger partial charge >= 0.3 is 0 Å². The molecular weight excluding hydrogens is 460 g/mol. The largest absolute Gasteiger partial charge is 0.493 e. The lowest BCUT2D eigenvalue weighted by molar-refractivity contribution is 0.101. The van der Waals surface area contributed by atoms with Gasteiger partial charge in [0.1, 0.15) is 17.1 Å². The minimum Gasteiger partial charge on any atom is -0.493 e. The Morgan fingerprint density at radius 1 is 1.09 bits per heavy atom. The van der Waals surface area contributed by atoms with Gasteiger partial charge in [-0.3, -0.25) is 9.69 Å². The first-order valence-corrected chi connectivity index (χ1v) is 13.3. The monoisotopic (exact) mass is 494 g/mol. The number of allylic oxidation sites excluding steroid dienone is 2. The van der Waals surface area contributed by atoms with Crippen molar-refractivity contribution in [2.24, 2.45) is 0 Å². The Kier molecular flexibility index (Phi) is 7.47. The molecule has 2 bridgehead atoms. The zero-order valence-corrected chi connectivity index (χ0v) is 21.4. The van der Waals surface area contributed by atoms with Crippen LogP contribution in [0.2, 0.25) is 5.02 Å². The number of halogens is 1. The fraction of sp³-hybridized carbons (Fsp3) is 0.483. The Bertz CT molecular complexity index is 1080. The van der Waals surface area contributed by atoms with Gasteiger partial charge in [-0.05, 0) is 94.3 Å². The second-order valence-electron chi connectivity index (χ2n) is 10.2. The summed E-state index contributed by atoms with van der Waals surface area (Å²) in [5.41, 5.74) is 2.74. The Balaban J connectivity index is 1.06. The maximum Gasteiger partial charge on any atom is 0.235 e. The van der Waals surface area contributed by atoms with Gasteiger partial charge in [-0.25, -0.2) is 0 Å². The lowest BCUT2D eigenvalue weighted by Gasteiger charge is -2.39. The number of rotatable bonds is 9. The summed E-state index contributed by atoms with van der Waals surface area (Å²) in [5, 5.41) is 4.57. The lowest BCUT2D eigenvalue weighted by Crippen LogP contribution is -2.49. The maximum absolute atomic E-state index is 12.7. The molecule has 5 nitrogen and oxygen atoms in total. The summed E-state index contributed by atoms with van der Waals surface area (Å²) in [6, 6.07) is 15.7. The van der Waals surface area contributed by atoms with Crippen LogP contribution >= 0.6 is 11.6 Å². The highest BCUT2D eigenvalue weighted by molar-refractivity contribution is 6.30. The number of nitrogens with one attached hydrogen (secondary N) is 1. The fourth-order valence-corrected chi connectivity index (χ4v) is 5.91. The van der Waals surface area contributed by atoms with E-state index in [1.807, 2.05) is 44.2 Å². The highest BCUT2D eigenvalue weighted by Crippen LogP contribution is 2.39. The van der Waals surface area contributed by atoms with Crippen LogP contribution in [0.1, 0.15) is 68.3 Å². The summed E-state index contributed by atoms with van der Waals surface area (Å²) < 4.78 is 11.8. The number of hydrogen-bond acceptors (Lipinski definition) is 5. The molecule has 0 radical (unpaired) electrons. The minimum atomic E-state index is -0.0697. The molecule has 186 valence electrons. The quantitative estimate of drug-likeness (QED) is 0.334. The van der Waals surface area contributed by atoms with E-state index in [9.17, 15) is 4.79 Å². The average Bonchev–Trinajstić information content (AvgIpc) is 3.31. The van der Waals surface area contributed by atoms with Crippen molar-refractivity contribution in [3.63, 3.8) is 0 Å². The molecule has 0 spiro atoms. The number of hydrogen-bond donors (Lipinski definition) is 1.